The normalized spacial score (nSPS) is 17.1. The number of carbonyl (C=O) groups is 2. The summed E-state index contributed by atoms with van der Waals surface area (Å²) in [6.07, 6.45) is 4.89. The summed E-state index contributed by atoms with van der Waals surface area (Å²) in [7, 11) is 0. The van der Waals surface area contributed by atoms with Crippen molar-refractivity contribution in [3.05, 3.63) is 0 Å². The smallest absolute Gasteiger partial charge is 0.314 e. The number of hydrogen-bond donors (Lipinski definition) is 3. The zero-order valence-electron chi connectivity index (χ0n) is 11.2. The Hall–Kier alpha value is -1.26. The zero-order valence-corrected chi connectivity index (χ0v) is 11.2. The van der Waals surface area contributed by atoms with E-state index in [1.54, 1.807) is 0 Å². The van der Waals surface area contributed by atoms with Crippen LogP contribution in [-0.4, -0.2) is 30.2 Å². The third-order valence-electron chi connectivity index (χ3n) is 3.67. The highest BCUT2D eigenvalue weighted by Crippen LogP contribution is 2.28. The monoisotopic (exact) mass is 256 g/mol. The molecule has 1 unspecified atom stereocenters. The topological polar surface area (TPSA) is 78.4 Å². The zero-order chi connectivity index (χ0) is 13.5. The second kappa shape index (κ2) is 7.24. The van der Waals surface area contributed by atoms with Crippen molar-refractivity contribution in [3.8, 4) is 0 Å². The SMILES string of the molecule is CC(C)C(CNC(=O)NCCC1CCC1)C(=O)O. The molecule has 0 spiro atoms. The van der Waals surface area contributed by atoms with Crippen molar-refractivity contribution >= 4 is 12.0 Å². The van der Waals surface area contributed by atoms with Crippen LogP contribution in [0.25, 0.3) is 0 Å². The van der Waals surface area contributed by atoms with Crippen molar-refractivity contribution in [2.24, 2.45) is 17.8 Å². The van der Waals surface area contributed by atoms with Gasteiger partial charge in [0.2, 0.25) is 0 Å². The molecule has 1 aliphatic carbocycles. The van der Waals surface area contributed by atoms with Crippen molar-refractivity contribution < 1.29 is 14.7 Å². The molecule has 0 radical (unpaired) electrons. The van der Waals surface area contributed by atoms with Gasteiger partial charge in [-0.2, -0.15) is 0 Å². The molecule has 1 fully saturated rings. The third kappa shape index (κ3) is 4.94. The molecule has 5 nitrogen and oxygen atoms in total. The highest BCUT2D eigenvalue weighted by Gasteiger charge is 2.22. The van der Waals surface area contributed by atoms with Gasteiger partial charge in [0.15, 0.2) is 0 Å². The minimum atomic E-state index is -0.861. The Morgan fingerprint density at radius 2 is 1.94 bits per heavy atom. The molecule has 0 aromatic carbocycles. The molecule has 0 aliphatic heterocycles. The van der Waals surface area contributed by atoms with Gasteiger partial charge in [-0.15, -0.1) is 0 Å². The van der Waals surface area contributed by atoms with E-state index in [0.717, 1.165) is 12.3 Å². The fourth-order valence-electron chi connectivity index (χ4n) is 2.04. The fraction of sp³-hybridized carbons (Fsp3) is 0.846. The molecule has 1 saturated carbocycles. The number of aliphatic carboxylic acids is 1. The van der Waals surface area contributed by atoms with Crippen molar-refractivity contribution in [2.75, 3.05) is 13.1 Å². The van der Waals surface area contributed by atoms with E-state index in [0.29, 0.717) is 6.54 Å². The van der Waals surface area contributed by atoms with E-state index in [1.165, 1.54) is 19.3 Å². The van der Waals surface area contributed by atoms with Crippen molar-refractivity contribution in [1.82, 2.24) is 10.6 Å². The summed E-state index contributed by atoms with van der Waals surface area (Å²) >= 11 is 0. The van der Waals surface area contributed by atoms with Crippen LogP contribution in [0.5, 0.6) is 0 Å². The predicted molar refractivity (Wildman–Crippen MR) is 69.3 cm³/mol. The van der Waals surface area contributed by atoms with Crippen LogP contribution in [0, 0.1) is 17.8 Å². The molecule has 2 amide bonds. The summed E-state index contributed by atoms with van der Waals surface area (Å²) in [6.45, 7) is 4.54. The molecule has 5 heteroatoms. The molecule has 0 saturated heterocycles. The maximum atomic E-state index is 11.5. The third-order valence-corrected chi connectivity index (χ3v) is 3.67. The number of carbonyl (C=O) groups excluding carboxylic acids is 1. The summed E-state index contributed by atoms with van der Waals surface area (Å²) in [4.78, 5) is 22.4. The minimum absolute atomic E-state index is 0.0118. The molecule has 0 aromatic heterocycles. The van der Waals surface area contributed by atoms with Gasteiger partial charge in [0.25, 0.3) is 0 Å². The van der Waals surface area contributed by atoms with E-state index in [1.807, 2.05) is 13.8 Å². The summed E-state index contributed by atoms with van der Waals surface area (Å²) in [5.74, 6) is -0.604. The van der Waals surface area contributed by atoms with E-state index >= 15 is 0 Å². The van der Waals surface area contributed by atoms with Crippen LogP contribution in [-0.2, 0) is 4.79 Å². The van der Waals surface area contributed by atoms with E-state index in [-0.39, 0.29) is 18.5 Å². The maximum absolute atomic E-state index is 11.5. The minimum Gasteiger partial charge on any atom is -0.481 e. The fourth-order valence-corrected chi connectivity index (χ4v) is 2.04. The highest BCUT2D eigenvalue weighted by atomic mass is 16.4. The number of urea groups is 1. The first kappa shape index (κ1) is 14.8. The first-order valence-electron chi connectivity index (χ1n) is 6.75. The van der Waals surface area contributed by atoms with Gasteiger partial charge in [-0.3, -0.25) is 4.79 Å². The first-order valence-corrected chi connectivity index (χ1v) is 6.75. The van der Waals surface area contributed by atoms with Crippen LogP contribution in [0.3, 0.4) is 0 Å². The lowest BCUT2D eigenvalue weighted by Gasteiger charge is -2.25. The van der Waals surface area contributed by atoms with Crippen LogP contribution in [0.2, 0.25) is 0 Å². The highest BCUT2D eigenvalue weighted by molar-refractivity contribution is 5.75. The standard InChI is InChI=1S/C13H24N2O3/c1-9(2)11(12(16)17)8-15-13(18)14-7-6-10-4-3-5-10/h9-11H,3-8H2,1-2H3,(H,16,17)(H2,14,15,18). The predicted octanol–water partition coefficient (Wildman–Crippen LogP) is 1.83. The Bertz CT molecular complexity index is 288. The molecule has 0 aromatic rings. The number of amides is 2. The van der Waals surface area contributed by atoms with E-state index in [9.17, 15) is 9.59 Å². The summed E-state index contributed by atoms with van der Waals surface area (Å²) < 4.78 is 0. The van der Waals surface area contributed by atoms with Crippen molar-refractivity contribution in [3.63, 3.8) is 0 Å². The lowest BCUT2D eigenvalue weighted by atomic mass is 9.83. The first-order chi connectivity index (χ1) is 8.50. The number of carboxylic acids is 1. The van der Waals surface area contributed by atoms with Crippen LogP contribution < -0.4 is 10.6 Å². The molecule has 18 heavy (non-hydrogen) atoms. The molecule has 0 bridgehead atoms. The maximum Gasteiger partial charge on any atom is 0.314 e. The molecule has 0 heterocycles. The Balaban J connectivity index is 2.12. The summed E-state index contributed by atoms with van der Waals surface area (Å²) in [6, 6.07) is -0.263. The number of rotatable bonds is 7. The lowest BCUT2D eigenvalue weighted by Crippen LogP contribution is -2.41. The van der Waals surface area contributed by atoms with Gasteiger partial charge in [-0.05, 0) is 18.3 Å². The average Bonchev–Trinajstić information content (AvgIpc) is 2.20. The summed E-state index contributed by atoms with van der Waals surface area (Å²) in [5, 5.41) is 14.4. The van der Waals surface area contributed by atoms with Gasteiger partial charge in [-0.1, -0.05) is 33.1 Å². The molecule has 1 aliphatic rings. The summed E-state index contributed by atoms with van der Waals surface area (Å²) in [5.41, 5.74) is 0. The Kier molecular flexibility index (Phi) is 5.95. The number of carboxylic acid groups (broad SMARTS) is 1. The van der Waals surface area contributed by atoms with Crippen LogP contribution >= 0.6 is 0 Å². The van der Waals surface area contributed by atoms with Gasteiger partial charge in [0.05, 0.1) is 5.92 Å². The van der Waals surface area contributed by atoms with Gasteiger partial charge in [-0.25, -0.2) is 4.79 Å². The second-order valence-corrected chi connectivity index (χ2v) is 5.41. The number of hydrogen-bond acceptors (Lipinski definition) is 2. The van der Waals surface area contributed by atoms with Gasteiger partial charge < -0.3 is 15.7 Å². The van der Waals surface area contributed by atoms with Crippen LogP contribution in [0.4, 0.5) is 4.79 Å². The van der Waals surface area contributed by atoms with Crippen LogP contribution in [0.15, 0.2) is 0 Å². The number of nitrogens with one attached hydrogen (secondary N) is 2. The van der Waals surface area contributed by atoms with E-state index in [4.69, 9.17) is 5.11 Å². The van der Waals surface area contributed by atoms with Gasteiger partial charge in [0, 0.05) is 13.1 Å². The molecular weight excluding hydrogens is 232 g/mol. The Labute approximate surface area is 108 Å². The van der Waals surface area contributed by atoms with E-state index in [2.05, 4.69) is 10.6 Å². The molecule has 104 valence electrons. The molecule has 3 N–H and O–H groups in total. The largest absolute Gasteiger partial charge is 0.481 e. The lowest BCUT2D eigenvalue weighted by molar-refractivity contribution is -0.142. The quantitative estimate of drug-likeness (QED) is 0.650. The van der Waals surface area contributed by atoms with Gasteiger partial charge in [0.1, 0.15) is 0 Å². The molecule has 1 atom stereocenters. The van der Waals surface area contributed by atoms with E-state index < -0.39 is 11.9 Å². The molecular formula is C13H24N2O3. The Morgan fingerprint density at radius 1 is 1.28 bits per heavy atom. The Morgan fingerprint density at radius 3 is 2.39 bits per heavy atom. The van der Waals surface area contributed by atoms with Gasteiger partial charge >= 0.3 is 12.0 Å². The van der Waals surface area contributed by atoms with Crippen molar-refractivity contribution in [1.29, 1.82) is 0 Å². The van der Waals surface area contributed by atoms with Crippen molar-refractivity contribution in [2.45, 2.75) is 39.5 Å². The molecule has 1 rings (SSSR count). The average molecular weight is 256 g/mol. The van der Waals surface area contributed by atoms with Crippen LogP contribution in [0.1, 0.15) is 39.5 Å². The second-order valence-electron chi connectivity index (χ2n) is 5.41.